The first-order valence-electron chi connectivity index (χ1n) is 7.40. The number of hydrogen-bond donors (Lipinski definition) is 3. The van der Waals surface area contributed by atoms with Gasteiger partial charge in [0, 0.05) is 6.54 Å². The normalized spacial score (nSPS) is 39.1. The summed E-state index contributed by atoms with van der Waals surface area (Å²) in [6.45, 7) is 5.94. The zero-order valence-corrected chi connectivity index (χ0v) is 12.5. The fourth-order valence-electron chi connectivity index (χ4n) is 3.74. The van der Waals surface area contributed by atoms with Crippen LogP contribution in [-0.4, -0.2) is 34.2 Å². The first kappa shape index (κ1) is 15.3. The molecule has 5 nitrogen and oxygen atoms in total. The lowest BCUT2D eigenvalue weighted by atomic mass is 9.79. The average molecular weight is 283 g/mol. The molecule has 0 saturated heterocycles. The molecule has 114 valence electrons. The SMILES string of the molecule is CC1CCCC(O)(CNC(=O)[C@H]2[C@@H](C(=O)O)C2(C)C)C1. The predicted molar refractivity (Wildman–Crippen MR) is 74.0 cm³/mol. The largest absolute Gasteiger partial charge is 0.481 e. The van der Waals surface area contributed by atoms with Crippen molar-refractivity contribution in [2.24, 2.45) is 23.2 Å². The van der Waals surface area contributed by atoms with Crippen LogP contribution >= 0.6 is 0 Å². The molecular weight excluding hydrogens is 258 g/mol. The standard InChI is InChI=1S/C15H25NO4/c1-9-5-4-6-15(20,7-9)8-16-12(17)10-11(13(18)19)14(10,2)3/h9-11,20H,4-8H2,1-3H3,(H,16,17)(H,18,19)/t9?,10-,11+,15?/m1/s1. The van der Waals surface area contributed by atoms with E-state index in [1.54, 1.807) is 13.8 Å². The Balaban J connectivity index is 1.89. The van der Waals surface area contributed by atoms with Gasteiger partial charge in [0.2, 0.25) is 5.91 Å². The highest BCUT2D eigenvalue weighted by molar-refractivity contribution is 5.91. The van der Waals surface area contributed by atoms with Crippen molar-refractivity contribution in [3.63, 3.8) is 0 Å². The summed E-state index contributed by atoms with van der Waals surface area (Å²) in [7, 11) is 0. The molecule has 0 radical (unpaired) electrons. The summed E-state index contributed by atoms with van der Waals surface area (Å²) in [4.78, 5) is 23.2. The summed E-state index contributed by atoms with van der Waals surface area (Å²) in [5.74, 6) is -1.78. The van der Waals surface area contributed by atoms with E-state index in [-0.39, 0.29) is 12.5 Å². The highest BCUT2D eigenvalue weighted by Crippen LogP contribution is 2.58. The molecule has 2 aliphatic carbocycles. The number of hydrogen-bond acceptors (Lipinski definition) is 3. The van der Waals surface area contributed by atoms with Crippen LogP contribution < -0.4 is 5.32 Å². The van der Waals surface area contributed by atoms with Gasteiger partial charge in [-0.3, -0.25) is 9.59 Å². The van der Waals surface area contributed by atoms with Crippen LogP contribution in [0.25, 0.3) is 0 Å². The molecule has 3 N–H and O–H groups in total. The number of amides is 1. The second-order valence-electron chi connectivity index (χ2n) is 7.26. The molecule has 0 spiro atoms. The van der Waals surface area contributed by atoms with Gasteiger partial charge in [-0.05, 0) is 24.2 Å². The van der Waals surface area contributed by atoms with E-state index in [1.165, 1.54) is 0 Å². The summed E-state index contributed by atoms with van der Waals surface area (Å²) in [5, 5.41) is 22.3. The van der Waals surface area contributed by atoms with E-state index < -0.39 is 28.8 Å². The number of nitrogens with one attached hydrogen (secondary N) is 1. The van der Waals surface area contributed by atoms with Crippen molar-refractivity contribution in [1.82, 2.24) is 5.32 Å². The van der Waals surface area contributed by atoms with Gasteiger partial charge in [0.05, 0.1) is 17.4 Å². The van der Waals surface area contributed by atoms with E-state index >= 15 is 0 Å². The molecule has 2 saturated carbocycles. The smallest absolute Gasteiger partial charge is 0.307 e. The maximum Gasteiger partial charge on any atom is 0.307 e. The van der Waals surface area contributed by atoms with Gasteiger partial charge < -0.3 is 15.5 Å². The quantitative estimate of drug-likeness (QED) is 0.728. The predicted octanol–water partition coefficient (Wildman–Crippen LogP) is 1.40. The summed E-state index contributed by atoms with van der Waals surface area (Å²) in [6.07, 6.45) is 3.49. The van der Waals surface area contributed by atoms with Crippen LogP contribution in [0.15, 0.2) is 0 Å². The fraction of sp³-hybridized carbons (Fsp3) is 0.867. The minimum Gasteiger partial charge on any atom is -0.481 e. The first-order valence-corrected chi connectivity index (χ1v) is 7.40. The molecule has 2 aliphatic rings. The van der Waals surface area contributed by atoms with Crippen LogP contribution in [0.1, 0.15) is 46.5 Å². The van der Waals surface area contributed by atoms with Gasteiger partial charge in [-0.25, -0.2) is 0 Å². The molecule has 20 heavy (non-hydrogen) atoms. The van der Waals surface area contributed by atoms with E-state index in [1.807, 2.05) is 0 Å². The monoisotopic (exact) mass is 283 g/mol. The number of carbonyl (C=O) groups excluding carboxylic acids is 1. The van der Waals surface area contributed by atoms with E-state index in [4.69, 9.17) is 5.11 Å². The highest BCUT2D eigenvalue weighted by atomic mass is 16.4. The minimum atomic E-state index is -0.917. The van der Waals surface area contributed by atoms with E-state index in [2.05, 4.69) is 12.2 Å². The Hall–Kier alpha value is -1.10. The van der Waals surface area contributed by atoms with Crippen LogP contribution in [0.5, 0.6) is 0 Å². The molecule has 0 aliphatic heterocycles. The van der Waals surface area contributed by atoms with Gasteiger partial charge in [-0.1, -0.05) is 33.6 Å². The zero-order chi connectivity index (χ0) is 15.1. The maximum atomic E-state index is 12.1. The Morgan fingerprint density at radius 2 is 1.95 bits per heavy atom. The molecule has 0 heterocycles. The topological polar surface area (TPSA) is 86.6 Å². The Labute approximate surface area is 119 Å². The summed E-state index contributed by atoms with van der Waals surface area (Å²) < 4.78 is 0. The van der Waals surface area contributed by atoms with Gasteiger partial charge in [0.1, 0.15) is 0 Å². The molecule has 2 fully saturated rings. The van der Waals surface area contributed by atoms with Crippen molar-refractivity contribution < 1.29 is 19.8 Å². The van der Waals surface area contributed by atoms with Crippen LogP contribution in [0, 0.1) is 23.2 Å². The third-order valence-corrected chi connectivity index (χ3v) is 5.04. The van der Waals surface area contributed by atoms with E-state index in [0.29, 0.717) is 18.8 Å². The molecule has 5 heteroatoms. The van der Waals surface area contributed by atoms with Crippen molar-refractivity contribution in [1.29, 1.82) is 0 Å². The second kappa shape index (κ2) is 5.02. The van der Waals surface area contributed by atoms with Crippen molar-refractivity contribution in [3.8, 4) is 0 Å². The van der Waals surface area contributed by atoms with Crippen molar-refractivity contribution >= 4 is 11.9 Å². The van der Waals surface area contributed by atoms with Crippen LogP contribution in [0.2, 0.25) is 0 Å². The number of rotatable bonds is 4. The third kappa shape index (κ3) is 2.82. The first-order chi connectivity index (χ1) is 9.17. The average Bonchev–Trinajstić information content (AvgIpc) is 2.89. The molecule has 0 aromatic rings. The number of aliphatic hydroxyl groups is 1. The Morgan fingerprint density at radius 3 is 2.45 bits per heavy atom. The molecule has 0 aromatic carbocycles. The molecule has 2 rings (SSSR count). The molecule has 0 bridgehead atoms. The molecule has 2 unspecified atom stereocenters. The maximum absolute atomic E-state index is 12.1. The van der Waals surface area contributed by atoms with Crippen molar-refractivity contribution in [2.75, 3.05) is 6.54 Å². The summed E-state index contributed by atoms with van der Waals surface area (Å²) >= 11 is 0. The lowest BCUT2D eigenvalue weighted by Crippen LogP contribution is -2.46. The molecular formula is C15H25NO4. The number of carboxylic acid groups (broad SMARTS) is 1. The van der Waals surface area contributed by atoms with Gasteiger partial charge >= 0.3 is 5.97 Å². The third-order valence-electron chi connectivity index (χ3n) is 5.04. The Bertz CT molecular complexity index is 420. The summed E-state index contributed by atoms with van der Waals surface area (Å²) in [5.41, 5.74) is -1.32. The number of carbonyl (C=O) groups is 2. The lowest BCUT2D eigenvalue weighted by Gasteiger charge is -2.35. The molecule has 1 amide bonds. The van der Waals surface area contributed by atoms with Gasteiger partial charge in [-0.2, -0.15) is 0 Å². The van der Waals surface area contributed by atoms with Gasteiger partial charge in [0.25, 0.3) is 0 Å². The highest BCUT2D eigenvalue weighted by Gasteiger charge is 2.65. The minimum absolute atomic E-state index is 0.231. The van der Waals surface area contributed by atoms with Crippen molar-refractivity contribution in [2.45, 2.75) is 52.1 Å². The van der Waals surface area contributed by atoms with Gasteiger partial charge in [0.15, 0.2) is 0 Å². The second-order valence-corrected chi connectivity index (χ2v) is 7.26. The fourth-order valence-corrected chi connectivity index (χ4v) is 3.74. The molecule has 4 atom stereocenters. The van der Waals surface area contributed by atoms with Crippen LogP contribution in [0.3, 0.4) is 0 Å². The Kier molecular flexibility index (Phi) is 3.84. The zero-order valence-electron chi connectivity index (χ0n) is 12.5. The van der Waals surface area contributed by atoms with Crippen molar-refractivity contribution in [3.05, 3.63) is 0 Å². The lowest BCUT2D eigenvalue weighted by molar-refractivity contribution is -0.140. The van der Waals surface area contributed by atoms with E-state index in [0.717, 1.165) is 12.8 Å². The summed E-state index contributed by atoms with van der Waals surface area (Å²) in [6, 6.07) is 0. The van der Waals surface area contributed by atoms with Crippen LogP contribution in [0.4, 0.5) is 0 Å². The van der Waals surface area contributed by atoms with E-state index in [9.17, 15) is 14.7 Å². The van der Waals surface area contributed by atoms with Crippen LogP contribution in [-0.2, 0) is 9.59 Å². The molecule has 0 aromatic heterocycles. The Morgan fingerprint density at radius 1 is 1.30 bits per heavy atom. The number of aliphatic carboxylic acids is 1. The number of carboxylic acids is 1. The van der Waals surface area contributed by atoms with Gasteiger partial charge in [-0.15, -0.1) is 0 Å².